The summed E-state index contributed by atoms with van der Waals surface area (Å²) in [6.07, 6.45) is 3.13. The van der Waals surface area contributed by atoms with E-state index in [1.54, 1.807) is 49.4 Å². The Morgan fingerprint density at radius 2 is 1.84 bits per heavy atom. The molecular formula is C25H19FN2O4. The molecule has 160 valence electrons. The summed E-state index contributed by atoms with van der Waals surface area (Å²) < 4.78 is 24.1. The molecular weight excluding hydrogens is 411 g/mol. The first-order chi connectivity index (χ1) is 15.5. The lowest BCUT2D eigenvalue weighted by molar-refractivity contribution is -0.114. The highest BCUT2D eigenvalue weighted by Crippen LogP contribution is 2.28. The fourth-order valence-electron chi connectivity index (χ4n) is 3.16. The van der Waals surface area contributed by atoms with E-state index in [0.717, 1.165) is 5.56 Å². The van der Waals surface area contributed by atoms with E-state index in [4.69, 9.17) is 9.15 Å². The van der Waals surface area contributed by atoms with Gasteiger partial charge in [0, 0.05) is 5.56 Å². The van der Waals surface area contributed by atoms with E-state index in [9.17, 15) is 14.0 Å². The second-order valence-corrected chi connectivity index (χ2v) is 7.00. The largest absolute Gasteiger partial charge is 0.458 e. The Morgan fingerprint density at radius 1 is 1.12 bits per heavy atom. The Hall–Kier alpha value is -4.26. The minimum atomic E-state index is -0.429. The summed E-state index contributed by atoms with van der Waals surface area (Å²) in [5, 5.41) is 5.51. The van der Waals surface area contributed by atoms with E-state index in [1.165, 1.54) is 35.4 Å². The number of furan rings is 1. The Balaban J connectivity index is 1.52. The van der Waals surface area contributed by atoms with Crippen LogP contribution in [0.1, 0.15) is 23.0 Å². The average molecular weight is 430 g/mol. The first-order valence-electron chi connectivity index (χ1n) is 9.82. The molecule has 0 atom stereocenters. The van der Waals surface area contributed by atoms with Gasteiger partial charge in [-0.2, -0.15) is 10.1 Å². The highest BCUT2D eigenvalue weighted by Gasteiger charge is 2.29. The molecule has 2 heterocycles. The van der Waals surface area contributed by atoms with Gasteiger partial charge >= 0.3 is 5.97 Å². The molecule has 2 aromatic carbocycles. The van der Waals surface area contributed by atoms with Crippen molar-refractivity contribution in [3.05, 3.63) is 96.0 Å². The molecule has 0 aliphatic carbocycles. The number of halogens is 1. The van der Waals surface area contributed by atoms with Crippen LogP contribution in [-0.4, -0.2) is 24.2 Å². The summed E-state index contributed by atoms with van der Waals surface area (Å²) >= 11 is 0. The molecule has 1 aromatic heterocycles. The van der Waals surface area contributed by atoms with E-state index >= 15 is 0 Å². The second kappa shape index (κ2) is 8.85. The molecule has 7 heteroatoms. The molecule has 0 spiro atoms. The molecule has 6 nitrogen and oxygen atoms in total. The maximum atomic E-state index is 13.2. The van der Waals surface area contributed by atoms with Crippen LogP contribution in [0.25, 0.3) is 17.4 Å². The molecule has 0 fully saturated rings. The molecule has 0 bridgehead atoms. The SMILES string of the molecule is C=CCOC(=O)c1ccc(-c2ccc(/C=C3/C(=O)N(c4ccc(F)cc4)N=C3C)o2)cc1. The number of benzene rings is 2. The van der Waals surface area contributed by atoms with Gasteiger partial charge in [-0.1, -0.05) is 24.8 Å². The molecule has 1 amide bonds. The van der Waals surface area contributed by atoms with Crippen LogP contribution in [0.2, 0.25) is 0 Å². The van der Waals surface area contributed by atoms with E-state index in [-0.39, 0.29) is 18.3 Å². The van der Waals surface area contributed by atoms with Crippen molar-refractivity contribution < 1.29 is 23.1 Å². The van der Waals surface area contributed by atoms with Gasteiger partial charge < -0.3 is 9.15 Å². The number of rotatable bonds is 6. The monoisotopic (exact) mass is 430 g/mol. The summed E-state index contributed by atoms with van der Waals surface area (Å²) in [5.41, 5.74) is 2.58. The van der Waals surface area contributed by atoms with Gasteiger partial charge in [0.15, 0.2) is 0 Å². The topological polar surface area (TPSA) is 72.1 Å². The second-order valence-electron chi connectivity index (χ2n) is 7.00. The summed E-state index contributed by atoms with van der Waals surface area (Å²) in [7, 11) is 0. The first-order valence-corrected chi connectivity index (χ1v) is 9.82. The number of carbonyl (C=O) groups excluding carboxylic acids is 2. The minimum absolute atomic E-state index is 0.150. The molecule has 4 rings (SSSR count). The molecule has 0 saturated heterocycles. The van der Waals surface area contributed by atoms with Crippen LogP contribution in [0.15, 0.2) is 88.4 Å². The van der Waals surface area contributed by atoms with Crippen LogP contribution in [-0.2, 0) is 9.53 Å². The fraction of sp³-hybridized carbons (Fsp3) is 0.0800. The molecule has 1 aliphatic rings. The third-order valence-corrected chi connectivity index (χ3v) is 4.78. The van der Waals surface area contributed by atoms with E-state index in [2.05, 4.69) is 11.7 Å². The third-order valence-electron chi connectivity index (χ3n) is 4.78. The van der Waals surface area contributed by atoms with Crippen molar-refractivity contribution >= 4 is 29.4 Å². The van der Waals surface area contributed by atoms with E-state index in [0.29, 0.717) is 34.1 Å². The van der Waals surface area contributed by atoms with Gasteiger partial charge in [-0.25, -0.2) is 9.18 Å². The van der Waals surface area contributed by atoms with Gasteiger partial charge in [-0.15, -0.1) is 0 Å². The lowest BCUT2D eigenvalue weighted by atomic mass is 10.1. The normalized spacial score (nSPS) is 14.6. The van der Waals surface area contributed by atoms with Crippen LogP contribution < -0.4 is 5.01 Å². The highest BCUT2D eigenvalue weighted by atomic mass is 19.1. The van der Waals surface area contributed by atoms with Crippen molar-refractivity contribution in [1.29, 1.82) is 0 Å². The van der Waals surface area contributed by atoms with Crippen molar-refractivity contribution in [1.82, 2.24) is 0 Å². The zero-order chi connectivity index (χ0) is 22.7. The number of ether oxygens (including phenoxy) is 1. The van der Waals surface area contributed by atoms with Crippen LogP contribution >= 0.6 is 0 Å². The van der Waals surface area contributed by atoms with Crippen LogP contribution in [0.3, 0.4) is 0 Å². The molecule has 3 aromatic rings. The predicted molar refractivity (Wildman–Crippen MR) is 120 cm³/mol. The molecule has 0 unspecified atom stereocenters. The van der Waals surface area contributed by atoms with Gasteiger partial charge in [0.2, 0.25) is 0 Å². The highest BCUT2D eigenvalue weighted by molar-refractivity contribution is 6.32. The smallest absolute Gasteiger partial charge is 0.338 e. The van der Waals surface area contributed by atoms with Gasteiger partial charge in [-0.05, 0) is 61.5 Å². The first kappa shape index (κ1) is 21.0. The number of amides is 1. The van der Waals surface area contributed by atoms with Crippen LogP contribution in [0.4, 0.5) is 10.1 Å². The summed E-state index contributed by atoms with van der Waals surface area (Å²) in [6, 6.07) is 15.9. The number of esters is 1. The van der Waals surface area contributed by atoms with Gasteiger partial charge in [-0.3, -0.25) is 4.79 Å². The van der Waals surface area contributed by atoms with Gasteiger partial charge in [0.1, 0.15) is 23.9 Å². The summed E-state index contributed by atoms with van der Waals surface area (Å²) in [4.78, 5) is 24.7. The average Bonchev–Trinajstić information content (AvgIpc) is 3.38. The lowest BCUT2D eigenvalue weighted by Crippen LogP contribution is -2.21. The molecule has 1 aliphatic heterocycles. The summed E-state index contributed by atoms with van der Waals surface area (Å²) in [5.74, 6) is -0.0794. The maximum absolute atomic E-state index is 13.2. The molecule has 0 saturated carbocycles. The van der Waals surface area contributed by atoms with Crippen LogP contribution in [0, 0.1) is 5.82 Å². The van der Waals surface area contributed by atoms with Gasteiger partial charge in [0.05, 0.1) is 22.5 Å². The van der Waals surface area contributed by atoms with Crippen molar-refractivity contribution in [2.24, 2.45) is 5.10 Å². The number of hydrogen-bond acceptors (Lipinski definition) is 5. The zero-order valence-electron chi connectivity index (χ0n) is 17.2. The van der Waals surface area contributed by atoms with Crippen molar-refractivity contribution in [2.75, 3.05) is 11.6 Å². The number of hydrazone groups is 1. The molecule has 0 radical (unpaired) electrons. The Kier molecular flexibility index (Phi) is 5.81. The van der Waals surface area contributed by atoms with Crippen molar-refractivity contribution in [2.45, 2.75) is 6.92 Å². The molecule has 0 N–H and O–H groups in total. The zero-order valence-corrected chi connectivity index (χ0v) is 17.2. The number of carbonyl (C=O) groups is 2. The van der Waals surface area contributed by atoms with E-state index < -0.39 is 5.97 Å². The minimum Gasteiger partial charge on any atom is -0.458 e. The van der Waals surface area contributed by atoms with Gasteiger partial charge in [0.25, 0.3) is 5.91 Å². The fourth-order valence-corrected chi connectivity index (χ4v) is 3.16. The molecule has 32 heavy (non-hydrogen) atoms. The Morgan fingerprint density at radius 3 is 2.53 bits per heavy atom. The predicted octanol–water partition coefficient (Wildman–Crippen LogP) is 5.23. The van der Waals surface area contributed by atoms with Crippen molar-refractivity contribution in [3.63, 3.8) is 0 Å². The Labute approximate surface area is 183 Å². The number of anilines is 1. The number of hydrogen-bond donors (Lipinski definition) is 0. The van der Waals surface area contributed by atoms with Crippen LogP contribution in [0.5, 0.6) is 0 Å². The maximum Gasteiger partial charge on any atom is 0.338 e. The Bertz CT molecular complexity index is 1240. The quantitative estimate of drug-likeness (QED) is 0.305. The number of nitrogens with zero attached hydrogens (tertiary/aromatic N) is 2. The van der Waals surface area contributed by atoms with Crippen molar-refractivity contribution in [3.8, 4) is 11.3 Å². The summed E-state index contributed by atoms with van der Waals surface area (Å²) in [6.45, 7) is 5.39. The lowest BCUT2D eigenvalue weighted by Gasteiger charge is -2.11. The third kappa shape index (κ3) is 4.27. The standard InChI is InChI=1S/C25H19FN2O4/c1-3-14-31-25(30)18-6-4-17(5-7-18)23-13-12-21(32-23)15-22-16(2)27-28(24(22)29)20-10-8-19(26)9-11-20/h3-13,15H,1,14H2,2H3/b22-15+. The van der Waals surface area contributed by atoms with E-state index in [1.807, 2.05) is 0 Å².